The van der Waals surface area contributed by atoms with E-state index < -0.39 is 0 Å². The van der Waals surface area contributed by atoms with Crippen LogP contribution >= 0.6 is 0 Å². The van der Waals surface area contributed by atoms with Crippen molar-refractivity contribution < 1.29 is 4.42 Å². The van der Waals surface area contributed by atoms with Crippen molar-refractivity contribution in [2.75, 3.05) is 24.5 Å². The Labute approximate surface area is 192 Å². The molecule has 2 fully saturated rings. The standard InChI is InChI=1S/C26H29N5O2/c1-16-13-30-15-23(28-25(30)18(3)27-16)24-11-19-7-8-21(12-22(19)26(32)33-24)29-9-10-31(17(2)14-29)20-5-4-6-20/h7-8,11-13,15,17,20H,4-6,9-10,14H2,1-3H3. The van der Waals surface area contributed by atoms with Gasteiger partial charge in [0.1, 0.15) is 5.69 Å². The van der Waals surface area contributed by atoms with E-state index >= 15 is 0 Å². The number of piperazine rings is 1. The molecule has 1 aliphatic carbocycles. The molecular formula is C26H29N5O2. The van der Waals surface area contributed by atoms with Crippen LogP contribution in [0, 0.1) is 13.8 Å². The van der Waals surface area contributed by atoms with E-state index in [1.165, 1.54) is 19.3 Å². The molecule has 33 heavy (non-hydrogen) atoms. The van der Waals surface area contributed by atoms with Crippen LogP contribution in [0.15, 0.2) is 45.9 Å². The fraction of sp³-hybridized carbons (Fsp3) is 0.423. The molecule has 3 aromatic heterocycles. The zero-order valence-corrected chi connectivity index (χ0v) is 19.4. The molecule has 2 aliphatic rings. The second-order valence-corrected chi connectivity index (χ2v) is 9.61. The van der Waals surface area contributed by atoms with Gasteiger partial charge in [-0.25, -0.2) is 9.78 Å². The number of aromatic nitrogens is 3. The van der Waals surface area contributed by atoms with Gasteiger partial charge in [-0.2, -0.15) is 0 Å². The maximum atomic E-state index is 13.0. The minimum atomic E-state index is -0.325. The molecule has 1 saturated heterocycles. The minimum absolute atomic E-state index is 0.325. The van der Waals surface area contributed by atoms with Gasteiger partial charge in [0, 0.05) is 49.8 Å². The molecule has 1 aromatic carbocycles. The Morgan fingerprint density at radius 2 is 1.91 bits per heavy atom. The van der Waals surface area contributed by atoms with Gasteiger partial charge in [-0.3, -0.25) is 9.88 Å². The lowest BCUT2D eigenvalue weighted by Gasteiger charge is -2.47. The molecule has 1 aliphatic heterocycles. The molecule has 0 amide bonds. The van der Waals surface area contributed by atoms with Crippen molar-refractivity contribution in [3.8, 4) is 11.5 Å². The number of rotatable bonds is 3. The smallest absolute Gasteiger partial charge is 0.344 e. The van der Waals surface area contributed by atoms with Crippen LogP contribution in [0.25, 0.3) is 27.9 Å². The van der Waals surface area contributed by atoms with E-state index in [-0.39, 0.29) is 5.63 Å². The van der Waals surface area contributed by atoms with Gasteiger partial charge in [0.05, 0.1) is 16.8 Å². The predicted octanol–water partition coefficient (Wildman–Crippen LogP) is 4.18. The number of nitrogens with zero attached hydrogens (tertiary/aromatic N) is 5. The van der Waals surface area contributed by atoms with Gasteiger partial charge in [-0.05, 0) is 57.2 Å². The van der Waals surface area contributed by atoms with Crippen LogP contribution in [-0.4, -0.2) is 51.0 Å². The highest BCUT2D eigenvalue weighted by Gasteiger charge is 2.32. The van der Waals surface area contributed by atoms with Gasteiger partial charge in [0.15, 0.2) is 11.4 Å². The molecule has 1 saturated carbocycles. The Bertz CT molecular complexity index is 1420. The van der Waals surface area contributed by atoms with E-state index in [1.54, 1.807) is 0 Å². The molecule has 1 atom stereocenters. The first-order valence-corrected chi connectivity index (χ1v) is 11.9. The second kappa shape index (κ2) is 7.70. The van der Waals surface area contributed by atoms with E-state index in [1.807, 2.05) is 48.8 Å². The van der Waals surface area contributed by atoms with Gasteiger partial charge >= 0.3 is 5.63 Å². The summed E-state index contributed by atoms with van der Waals surface area (Å²) in [6.45, 7) is 9.26. The van der Waals surface area contributed by atoms with Crippen LogP contribution < -0.4 is 10.5 Å². The third-order valence-electron chi connectivity index (χ3n) is 7.31. The normalized spacial score (nSPS) is 20.0. The van der Waals surface area contributed by atoms with Crippen molar-refractivity contribution in [1.82, 2.24) is 19.3 Å². The van der Waals surface area contributed by atoms with Gasteiger partial charge in [-0.15, -0.1) is 0 Å². The molecule has 4 heterocycles. The van der Waals surface area contributed by atoms with Crippen molar-refractivity contribution in [3.05, 3.63) is 58.5 Å². The van der Waals surface area contributed by atoms with Crippen LogP contribution in [0.5, 0.6) is 0 Å². The van der Waals surface area contributed by atoms with Gasteiger partial charge in [0.2, 0.25) is 0 Å². The van der Waals surface area contributed by atoms with Crippen LogP contribution in [0.3, 0.4) is 0 Å². The zero-order valence-electron chi connectivity index (χ0n) is 19.4. The summed E-state index contributed by atoms with van der Waals surface area (Å²) in [4.78, 5) is 27.1. The number of hydrogen-bond donors (Lipinski definition) is 0. The molecule has 6 rings (SSSR count). The molecule has 7 heteroatoms. The number of fused-ring (bicyclic) bond motifs is 2. The van der Waals surface area contributed by atoms with Crippen LogP contribution in [0.4, 0.5) is 5.69 Å². The largest absolute Gasteiger partial charge is 0.421 e. The molecule has 0 spiro atoms. The van der Waals surface area contributed by atoms with E-state index in [0.29, 0.717) is 22.9 Å². The lowest BCUT2D eigenvalue weighted by Crippen LogP contribution is -2.57. The maximum absolute atomic E-state index is 13.0. The average molecular weight is 444 g/mol. The third-order valence-corrected chi connectivity index (χ3v) is 7.31. The molecule has 7 nitrogen and oxygen atoms in total. The lowest BCUT2D eigenvalue weighted by molar-refractivity contribution is 0.0775. The highest BCUT2D eigenvalue weighted by Crippen LogP contribution is 2.31. The van der Waals surface area contributed by atoms with Crippen LogP contribution in [0.1, 0.15) is 37.6 Å². The van der Waals surface area contributed by atoms with Crippen molar-refractivity contribution in [2.45, 2.75) is 52.1 Å². The molecule has 4 aromatic rings. The quantitative estimate of drug-likeness (QED) is 0.473. The highest BCUT2D eigenvalue weighted by molar-refractivity contribution is 5.87. The van der Waals surface area contributed by atoms with Crippen molar-refractivity contribution in [3.63, 3.8) is 0 Å². The summed E-state index contributed by atoms with van der Waals surface area (Å²) in [5, 5.41) is 1.48. The second-order valence-electron chi connectivity index (χ2n) is 9.61. The van der Waals surface area contributed by atoms with E-state index in [9.17, 15) is 4.79 Å². The summed E-state index contributed by atoms with van der Waals surface area (Å²) >= 11 is 0. The Morgan fingerprint density at radius 1 is 1.06 bits per heavy atom. The maximum Gasteiger partial charge on any atom is 0.344 e. The summed E-state index contributed by atoms with van der Waals surface area (Å²) in [5.41, 5.74) is 3.93. The monoisotopic (exact) mass is 443 g/mol. The van der Waals surface area contributed by atoms with Crippen molar-refractivity contribution in [1.29, 1.82) is 0 Å². The van der Waals surface area contributed by atoms with E-state index in [0.717, 1.165) is 53.8 Å². The lowest BCUT2D eigenvalue weighted by atomic mass is 9.89. The summed E-state index contributed by atoms with van der Waals surface area (Å²) in [6.07, 6.45) is 7.86. The van der Waals surface area contributed by atoms with E-state index in [4.69, 9.17) is 4.42 Å². The average Bonchev–Trinajstić information content (AvgIpc) is 3.18. The molecule has 0 N–H and O–H groups in total. The van der Waals surface area contributed by atoms with Crippen LogP contribution in [-0.2, 0) is 0 Å². The van der Waals surface area contributed by atoms with Crippen molar-refractivity contribution in [2.24, 2.45) is 0 Å². The Balaban J connectivity index is 1.31. The predicted molar refractivity (Wildman–Crippen MR) is 130 cm³/mol. The number of hydrogen-bond acceptors (Lipinski definition) is 6. The number of benzene rings is 1. The fourth-order valence-electron chi connectivity index (χ4n) is 5.39. The van der Waals surface area contributed by atoms with Gasteiger partial charge in [0.25, 0.3) is 0 Å². The summed E-state index contributed by atoms with van der Waals surface area (Å²) < 4.78 is 7.67. The SMILES string of the molecule is Cc1cn2cc(-c3cc4ccc(N5CCN(C6CCC6)C(C)C5)cc4c(=O)o3)nc2c(C)n1. The minimum Gasteiger partial charge on any atom is -0.421 e. The summed E-state index contributed by atoms with van der Waals surface area (Å²) in [7, 11) is 0. The highest BCUT2D eigenvalue weighted by atomic mass is 16.4. The van der Waals surface area contributed by atoms with Crippen LogP contribution in [0.2, 0.25) is 0 Å². The first-order valence-electron chi connectivity index (χ1n) is 11.9. The first-order chi connectivity index (χ1) is 16.0. The number of anilines is 1. The zero-order chi connectivity index (χ0) is 22.7. The van der Waals surface area contributed by atoms with E-state index in [2.05, 4.69) is 32.8 Å². The fourth-order valence-corrected chi connectivity index (χ4v) is 5.39. The summed E-state index contributed by atoms with van der Waals surface area (Å²) in [6, 6.07) is 9.34. The Kier molecular flexibility index (Phi) is 4.76. The Hall–Kier alpha value is -3.19. The third kappa shape index (κ3) is 3.51. The van der Waals surface area contributed by atoms with Crippen molar-refractivity contribution >= 4 is 22.1 Å². The molecule has 1 unspecified atom stereocenters. The topological polar surface area (TPSA) is 66.9 Å². The molecular weight excluding hydrogens is 414 g/mol. The number of aryl methyl sites for hydroxylation is 2. The summed E-state index contributed by atoms with van der Waals surface area (Å²) in [5.74, 6) is 0.476. The molecule has 170 valence electrons. The molecule has 0 bridgehead atoms. The van der Waals surface area contributed by atoms with Gasteiger partial charge in [-0.1, -0.05) is 12.5 Å². The molecule has 0 radical (unpaired) electrons. The van der Waals surface area contributed by atoms with Gasteiger partial charge < -0.3 is 13.7 Å². The number of imidazole rings is 1. The Morgan fingerprint density at radius 3 is 2.67 bits per heavy atom. The first kappa shape index (κ1) is 20.4.